The predicted octanol–water partition coefficient (Wildman–Crippen LogP) is 6.42. The van der Waals surface area contributed by atoms with Gasteiger partial charge in [-0.3, -0.25) is 0 Å². The minimum absolute atomic E-state index is 1.24. The van der Waals surface area contributed by atoms with E-state index in [-0.39, 0.29) is 0 Å². The molecule has 0 saturated carbocycles. The SMILES string of the molecule is CCC[CH2][Sn]([CH]=CCN1CCCCC1)([CH2]CCC)[CH2]CCC. The second-order valence-corrected chi connectivity index (χ2v) is 20.4. The molecule has 0 bridgehead atoms. The van der Waals surface area contributed by atoms with Gasteiger partial charge in [0.05, 0.1) is 0 Å². The van der Waals surface area contributed by atoms with E-state index in [9.17, 15) is 0 Å². The Morgan fingerprint density at radius 1 is 0.773 bits per heavy atom. The van der Waals surface area contributed by atoms with Crippen molar-refractivity contribution < 1.29 is 0 Å². The maximum atomic E-state index is 2.85. The van der Waals surface area contributed by atoms with Gasteiger partial charge in [0.15, 0.2) is 0 Å². The molecule has 0 aliphatic carbocycles. The Morgan fingerprint density at radius 2 is 1.27 bits per heavy atom. The third-order valence-electron chi connectivity index (χ3n) is 5.37. The van der Waals surface area contributed by atoms with Crippen LogP contribution in [0.25, 0.3) is 0 Å². The Labute approximate surface area is 144 Å². The predicted molar refractivity (Wildman–Crippen MR) is 104 cm³/mol. The van der Waals surface area contributed by atoms with Crippen LogP contribution in [0.15, 0.2) is 10.2 Å². The van der Waals surface area contributed by atoms with E-state index >= 15 is 0 Å². The summed E-state index contributed by atoms with van der Waals surface area (Å²) < 4.78 is 7.69. The van der Waals surface area contributed by atoms with Crippen LogP contribution in [0.1, 0.15) is 78.6 Å². The third kappa shape index (κ3) is 8.38. The summed E-state index contributed by atoms with van der Waals surface area (Å²) in [6, 6.07) is 0. The van der Waals surface area contributed by atoms with E-state index in [0.717, 1.165) is 0 Å². The number of piperidine rings is 1. The van der Waals surface area contributed by atoms with Gasteiger partial charge < -0.3 is 0 Å². The molecule has 130 valence electrons. The van der Waals surface area contributed by atoms with Crippen molar-refractivity contribution in [1.82, 2.24) is 4.90 Å². The molecule has 2 heteroatoms. The van der Waals surface area contributed by atoms with Crippen LogP contribution in [0.5, 0.6) is 0 Å². The molecule has 1 aliphatic rings. The number of hydrogen-bond acceptors (Lipinski definition) is 1. The Balaban J connectivity index is 2.61. The summed E-state index contributed by atoms with van der Waals surface area (Å²) in [6.07, 6.45) is 15.5. The first-order valence-corrected chi connectivity index (χ1v) is 17.9. The van der Waals surface area contributed by atoms with Gasteiger partial charge >= 0.3 is 145 Å². The normalized spacial score (nSPS) is 17.4. The fourth-order valence-electron chi connectivity index (χ4n) is 3.81. The molecule has 0 aromatic rings. The molecule has 0 aromatic carbocycles. The minimum atomic E-state index is -1.99. The molecule has 0 aromatic heterocycles. The van der Waals surface area contributed by atoms with Crippen molar-refractivity contribution in [2.24, 2.45) is 0 Å². The van der Waals surface area contributed by atoms with Gasteiger partial charge in [0.2, 0.25) is 0 Å². The van der Waals surface area contributed by atoms with Crippen LogP contribution in [-0.4, -0.2) is 42.9 Å². The van der Waals surface area contributed by atoms with Gasteiger partial charge in [-0.1, -0.05) is 0 Å². The second-order valence-electron chi connectivity index (χ2n) is 7.44. The van der Waals surface area contributed by atoms with Crippen molar-refractivity contribution in [2.75, 3.05) is 19.6 Å². The van der Waals surface area contributed by atoms with Crippen molar-refractivity contribution in [3.8, 4) is 0 Å². The van der Waals surface area contributed by atoms with Crippen molar-refractivity contribution in [2.45, 2.75) is 91.9 Å². The zero-order valence-electron chi connectivity index (χ0n) is 15.7. The van der Waals surface area contributed by atoms with E-state index in [2.05, 4.69) is 35.8 Å². The van der Waals surface area contributed by atoms with Crippen LogP contribution in [0.4, 0.5) is 0 Å². The zero-order chi connectivity index (χ0) is 16.1. The van der Waals surface area contributed by atoms with Gasteiger partial charge in [-0.15, -0.1) is 0 Å². The number of hydrogen-bond donors (Lipinski definition) is 0. The fraction of sp³-hybridized carbons (Fsp3) is 0.900. The fourth-order valence-corrected chi connectivity index (χ4v) is 18.2. The quantitative estimate of drug-likeness (QED) is 0.333. The average molecular weight is 414 g/mol. The number of nitrogens with zero attached hydrogens (tertiary/aromatic N) is 1. The number of unbranched alkanes of at least 4 members (excludes halogenated alkanes) is 3. The summed E-state index contributed by atoms with van der Waals surface area (Å²) in [4.78, 5) is 2.68. The molecule has 0 unspecified atom stereocenters. The Kier molecular flexibility index (Phi) is 12.0. The first-order chi connectivity index (χ1) is 10.8. The van der Waals surface area contributed by atoms with E-state index < -0.39 is 18.4 Å². The standard InChI is InChI=1S/C8H14N.3C4H9.Sn/c1-2-6-9-7-4-3-5-8-9;3*1-3-4-2;/h1-2H,3-8H2;3*1,3-4H2,2H3;. The van der Waals surface area contributed by atoms with Crippen LogP contribution in [0, 0.1) is 0 Å². The van der Waals surface area contributed by atoms with Gasteiger partial charge in [0, 0.05) is 0 Å². The van der Waals surface area contributed by atoms with Gasteiger partial charge in [0.25, 0.3) is 0 Å². The molecule has 1 saturated heterocycles. The maximum absolute atomic E-state index is 2.85. The Morgan fingerprint density at radius 3 is 1.73 bits per heavy atom. The van der Waals surface area contributed by atoms with Gasteiger partial charge in [-0.25, -0.2) is 0 Å². The van der Waals surface area contributed by atoms with Crippen LogP contribution < -0.4 is 0 Å². The Bertz CT molecular complexity index is 260. The van der Waals surface area contributed by atoms with Gasteiger partial charge in [-0.2, -0.15) is 0 Å². The topological polar surface area (TPSA) is 3.24 Å². The zero-order valence-corrected chi connectivity index (χ0v) is 18.6. The van der Waals surface area contributed by atoms with Crippen molar-refractivity contribution in [3.05, 3.63) is 10.2 Å². The molecule has 1 heterocycles. The molecular weight excluding hydrogens is 373 g/mol. The van der Waals surface area contributed by atoms with E-state index in [1.54, 1.807) is 13.3 Å². The van der Waals surface area contributed by atoms with Gasteiger partial charge in [0.1, 0.15) is 0 Å². The molecule has 22 heavy (non-hydrogen) atoms. The molecule has 1 nitrogen and oxygen atoms in total. The number of rotatable bonds is 12. The molecule has 0 radical (unpaired) electrons. The van der Waals surface area contributed by atoms with Crippen LogP contribution in [0.3, 0.4) is 0 Å². The third-order valence-corrected chi connectivity index (χ3v) is 19.6. The van der Waals surface area contributed by atoms with Crippen molar-refractivity contribution in [3.63, 3.8) is 0 Å². The van der Waals surface area contributed by atoms with Crippen LogP contribution >= 0.6 is 0 Å². The molecule has 0 amide bonds. The average Bonchev–Trinajstić information content (AvgIpc) is 2.57. The van der Waals surface area contributed by atoms with E-state index in [0.29, 0.717) is 0 Å². The summed E-state index contributed by atoms with van der Waals surface area (Å²) in [5.74, 6) is 0. The number of likely N-dealkylation sites (tertiary alicyclic amines) is 1. The summed E-state index contributed by atoms with van der Waals surface area (Å²) in [5.41, 5.74) is 0. The van der Waals surface area contributed by atoms with E-state index in [1.165, 1.54) is 77.4 Å². The van der Waals surface area contributed by atoms with Crippen molar-refractivity contribution >= 4 is 18.4 Å². The summed E-state index contributed by atoms with van der Waals surface area (Å²) >= 11 is -1.99. The molecule has 0 spiro atoms. The summed E-state index contributed by atoms with van der Waals surface area (Å²) in [6.45, 7) is 11.0. The van der Waals surface area contributed by atoms with Gasteiger partial charge in [-0.05, 0) is 0 Å². The van der Waals surface area contributed by atoms with Crippen LogP contribution in [-0.2, 0) is 0 Å². The van der Waals surface area contributed by atoms with E-state index in [4.69, 9.17) is 0 Å². The molecule has 1 fully saturated rings. The van der Waals surface area contributed by atoms with Crippen molar-refractivity contribution in [1.29, 1.82) is 0 Å². The molecule has 0 N–H and O–H groups in total. The summed E-state index contributed by atoms with van der Waals surface area (Å²) in [7, 11) is 0. The van der Waals surface area contributed by atoms with Crippen LogP contribution in [0.2, 0.25) is 13.3 Å². The molecule has 0 atom stereocenters. The first kappa shape index (κ1) is 20.5. The first-order valence-electron chi connectivity index (χ1n) is 10.2. The molecular formula is C20H41NSn. The van der Waals surface area contributed by atoms with E-state index in [1.807, 2.05) is 0 Å². The summed E-state index contributed by atoms with van der Waals surface area (Å²) in [5, 5.41) is 0. The monoisotopic (exact) mass is 415 g/mol. The molecule has 1 aliphatic heterocycles. The molecule has 1 rings (SSSR count). The second kappa shape index (κ2) is 12.9. The Hall–Kier alpha value is 0.499.